The lowest BCUT2D eigenvalue weighted by atomic mass is 10.1. The molecule has 0 spiro atoms. The summed E-state index contributed by atoms with van der Waals surface area (Å²) in [4.78, 5) is 7.08. The molecule has 1 heterocycles. The summed E-state index contributed by atoms with van der Waals surface area (Å²) in [6.07, 6.45) is 1.12. The summed E-state index contributed by atoms with van der Waals surface area (Å²) in [5.41, 5.74) is 1.03. The Kier molecular flexibility index (Phi) is 9.03. The number of aliphatic imine (C=N–C) groups is 1. The third kappa shape index (κ3) is 6.77. The summed E-state index contributed by atoms with van der Waals surface area (Å²) >= 11 is 9.73. The lowest BCUT2D eigenvalue weighted by Gasteiger charge is -2.22. The van der Waals surface area contributed by atoms with Gasteiger partial charge in [0.1, 0.15) is 0 Å². The van der Waals surface area contributed by atoms with E-state index in [-0.39, 0.29) is 0 Å². The largest absolute Gasteiger partial charge is 0.382 e. The van der Waals surface area contributed by atoms with E-state index < -0.39 is 0 Å². The molecule has 1 aliphatic heterocycles. The van der Waals surface area contributed by atoms with Crippen molar-refractivity contribution in [1.82, 2.24) is 10.2 Å². The third-order valence-corrected chi connectivity index (χ3v) is 4.97. The van der Waals surface area contributed by atoms with E-state index in [1.807, 2.05) is 18.2 Å². The summed E-state index contributed by atoms with van der Waals surface area (Å²) in [6, 6.07) is 5.91. The molecule has 1 saturated heterocycles. The Bertz CT molecular complexity index is 571. The molecule has 1 fully saturated rings. The highest BCUT2D eigenvalue weighted by Gasteiger charge is 2.25. The number of nitrogens with zero attached hydrogens (tertiary/aromatic N) is 2. The fraction of sp³-hybridized carbons (Fsp3) is 0.611. The SMILES string of the molecule is CCNC(=NCc1ccc(Br)cc1Cl)N1CCC(COCCOC)C1. The first-order valence-electron chi connectivity index (χ1n) is 8.68. The number of rotatable bonds is 8. The van der Waals surface area contributed by atoms with Crippen LogP contribution in [0, 0.1) is 5.92 Å². The van der Waals surface area contributed by atoms with Gasteiger partial charge in [0.2, 0.25) is 0 Å². The molecule has 1 unspecified atom stereocenters. The molecule has 1 aromatic carbocycles. The van der Waals surface area contributed by atoms with Crippen LogP contribution in [0.4, 0.5) is 0 Å². The average Bonchev–Trinajstić information content (AvgIpc) is 3.05. The van der Waals surface area contributed by atoms with Crippen molar-refractivity contribution in [2.45, 2.75) is 19.9 Å². The molecule has 0 bridgehead atoms. The van der Waals surface area contributed by atoms with Crippen LogP contribution in [0.3, 0.4) is 0 Å². The van der Waals surface area contributed by atoms with Crippen LogP contribution in [0.15, 0.2) is 27.7 Å². The van der Waals surface area contributed by atoms with Gasteiger partial charge in [0.25, 0.3) is 0 Å². The molecule has 1 atom stereocenters. The number of guanidine groups is 1. The van der Waals surface area contributed by atoms with Crippen molar-refractivity contribution in [3.05, 3.63) is 33.3 Å². The highest BCUT2D eigenvalue weighted by molar-refractivity contribution is 9.10. The van der Waals surface area contributed by atoms with Crippen LogP contribution in [-0.2, 0) is 16.0 Å². The van der Waals surface area contributed by atoms with Crippen molar-refractivity contribution < 1.29 is 9.47 Å². The minimum Gasteiger partial charge on any atom is -0.382 e. The van der Waals surface area contributed by atoms with Crippen LogP contribution >= 0.6 is 27.5 Å². The Morgan fingerprint density at radius 2 is 2.28 bits per heavy atom. The molecule has 1 aliphatic rings. The lowest BCUT2D eigenvalue weighted by molar-refractivity contribution is 0.0536. The monoisotopic (exact) mass is 431 g/mol. The maximum Gasteiger partial charge on any atom is 0.194 e. The van der Waals surface area contributed by atoms with E-state index in [9.17, 15) is 0 Å². The number of likely N-dealkylation sites (tertiary alicyclic amines) is 1. The van der Waals surface area contributed by atoms with E-state index in [1.54, 1.807) is 7.11 Å². The Balaban J connectivity index is 1.91. The van der Waals surface area contributed by atoms with Gasteiger partial charge < -0.3 is 19.7 Å². The van der Waals surface area contributed by atoms with Gasteiger partial charge in [-0.3, -0.25) is 0 Å². The quantitative estimate of drug-likeness (QED) is 0.388. The molecule has 0 saturated carbocycles. The number of benzene rings is 1. The standard InChI is InChI=1S/C18H27BrClN3O2/c1-3-21-18(22-11-15-4-5-16(19)10-17(15)20)23-7-6-14(12-23)13-25-9-8-24-2/h4-5,10,14H,3,6-9,11-13H2,1-2H3,(H,21,22). The lowest BCUT2D eigenvalue weighted by Crippen LogP contribution is -2.40. The van der Waals surface area contributed by atoms with Gasteiger partial charge in [-0.1, -0.05) is 33.6 Å². The minimum atomic E-state index is 0.539. The van der Waals surface area contributed by atoms with E-state index in [1.165, 1.54) is 0 Å². The number of halogens is 2. The Morgan fingerprint density at radius 1 is 1.44 bits per heavy atom. The molecule has 2 rings (SSSR count). The molecule has 25 heavy (non-hydrogen) atoms. The third-order valence-electron chi connectivity index (χ3n) is 4.12. The van der Waals surface area contributed by atoms with Gasteiger partial charge in [0.15, 0.2) is 5.96 Å². The minimum absolute atomic E-state index is 0.539. The molecule has 1 aromatic rings. The van der Waals surface area contributed by atoms with Gasteiger partial charge in [0.05, 0.1) is 26.4 Å². The Hall–Kier alpha value is -0.820. The summed E-state index contributed by atoms with van der Waals surface area (Å²) in [5.74, 6) is 1.48. The van der Waals surface area contributed by atoms with Crippen molar-refractivity contribution in [3.8, 4) is 0 Å². The van der Waals surface area contributed by atoms with Crippen LogP contribution in [0.2, 0.25) is 5.02 Å². The fourth-order valence-electron chi connectivity index (χ4n) is 2.79. The predicted molar refractivity (Wildman–Crippen MR) is 106 cm³/mol. The van der Waals surface area contributed by atoms with Gasteiger partial charge in [-0.2, -0.15) is 0 Å². The molecule has 140 valence electrons. The van der Waals surface area contributed by atoms with Crippen molar-refractivity contribution in [2.75, 3.05) is 46.6 Å². The second-order valence-electron chi connectivity index (χ2n) is 6.07. The molecule has 0 radical (unpaired) electrons. The highest BCUT2D eigenvalue weighted by atomic mass is 79.9. The van der Waals surface area contributed by atoms with Gasteiger partial charge in [-0.25, -0.2) is 4.99 Å². The molecule has 1 N–H and O–H groups in total. The van der Waals surface area contributed by atoms with Crippen LogP contribution in [0.25, 0.3) is 0 Å². The smallest absolute Gasteiger partial charge is 0.194 e. The van der Waals surface area contributed by atoms with Gasteiger partial charge >= 0.3 is 0 Å². The number of ether oxygens (including phenoxy) is 2. The van der Waals surface area contributed by atoms with E-state index in [0.717, 1.165) is 53.7 Å². The molecule has 7 heteroatoms. The van der Waals surface area contributed by atoms with Crippen LogP contribution in [0.5, 0.6) is 0 Å². The van der Waals surface area contributed by atoms with Gasteiger partial charge in [-0.15, -0.1) is 0 Å². The second-order valence-corrected chi connectivity index (χ2v) is 7.40. The van der Waals surface area contributed by atoms with Crippen molar-refractivity contribution in [1.29, 1.82) is 0 Å². The topological polar surface area (TPSA) is 46.1 Å². The zero-order chi connectivity index (χ0) is 18.1. The Morgan fingerprint density at radius 3 is 3.00 bits per heavy atom. The normalized spacial score (nSPS) is 18.0. The van der Waals surface area contributed by atoms with Crippen molar-refractivity contribution in [3.63, 3.8) is 0 Å². The van der Waals surface area contributed by atoms with Crippen LogP contribution < -0.4 is 5.32 Å². The van der Waals surface area contributed by atoms with Gasteiger partial charge in [0, 0.05) is 42.2 Å². The van der Waals surface area contributed by atoms with Crippen LogP contribution in [-0.4, -0.2) is 57.4 Å². The first kappa shape index (κ1) is 20.5. The van der Waals surface area contributed by atoms with E-state index in [0.29, 0.717) is 25.7 Å². The predicted octanol–water partition coefficient (Wildman–Crippen LogP) is 3.55. The molecule has 5 nitrogen and oxygen atoms in total. The molecular formula is C18H27BrClN3O2. The summed E-state index contributed by atoms with van der Waals surface area (Å²) in [5, 5.41) is 4.12. The molecule has 0 aliphatic carbocycles. The zero-order valence-corrected chi connectivity index (χ0v) is 17.3. The first-order chi connectivity index (χ1) is 12.1. The fourth-order valence-corrected chi connectivity index (χ4v) is 3.52. The first-order valence-corrected chi connectivity index (χ1v) is 9.85. The molecule has 0 aromatic heterocycles. The average molecular weight is 433 g/mol. The van der Waals surface area contributed by atoms with Gasteiger partial charge in [-0.05, 0) is 31.0 Å². The van der Waals surface area contributed by atoms with Crippen molar-refractivity contribution >= 4 is 33.5 Å². The number of methoxy groups -OCH3 is 1. The van der Waals surface area contributed by atoms with Crippen LogP contribution in [0.1, 0.15) is 18.9 Å². The van der Waals surface area contributed by atoms with Crippen molar-refractivity contribution in [2.24, 2.45) is 10.9 Å². The second kappa shape index (κ2) is 11.0. The summed E-state index contributed by atoms with van der Waals surface area (Å²) in [6.45, 7) is 7.54. The van der Waals surface area contributed by atoms with E-state index in [4.69, 9.17) is 26.1 Å². The number of hydrogen-bond donors (Lipinski definition) is 1. The maximum atomic E-state index is 6.30. The van der Waals surface area contributed by atoms with E-state index >= 15 is 0 Å². The molecule has 0 amide bonds. The highest BCUT2D eigenvalue weighted by Crippen LogP contribution is 2.22. The molecular weight excluding hydrogens is 406 g/mol. The van der Waals surface area contributed by atoms with E-state index in [2.05, 4.69) is 33.1 Å². The summed E-state index contributed by atoms with van der Waals surface area (Å²) < 4.78 is 11.7. The maximum absolute atomic E-state index is 6.30. The number of hydrogen-bond acceptors (Lipinski definition) is 3. The summed E-state index contributed by atoms with van der Waals surface area (Å²) in [7, 11) is 1.69. The number of nitrogens with one attached hydrogen (secondary N) is 1. The Labute approximate surface area is 163 Å². The zero-order valence-electron chi connectivity index (χ0n) is 14.9.